The number of hydrogen-bond acceptors (Lipinski definition) is 5. The van der Waals surface area contributed by atoms with Crippen molar-refractivity contribution in [3.8, 4) is 11.5 Å². The monoisotopic (exact) mass is 515 g/mol. The van der Waals surface area contributed by atoms with Crippen LogP contribution in [0.3, 0.4) is 0 Å². The first-order valence-electron chi connectivity index (χ1n) is 7.98. The zero-order valence-electron chi connectivity index (χ0n) is 14.5. The van der Waals surface area contributed by atoms with E-state index in [0.717, 1.165) is 9.13 Å². The lowest BCUT2D eigenvalue weighted by atomic mass is 10.1. The van der Waals surface area contributed by atoms with Gasteiger partial charge in [0.05, 0.1) is 27.9 Å². The predicted octanol–water partition coefficient (Wildman–Crippen LogP) is 5.24. The summed E-state index contributed by atoms with van der Waals surface area (Å²) < 4.78 is 25.8. The van der Waals surface area contributed by atoms with Gasteiger partial charge in [0.2, 0.25) is 0 Å². The van der Waals surface area contributed by atoms with Gasteiger partial charge in [-0.05, 0) is 71.5 Å². The summed E-state index contributed by atoms with van der Waals surface area (Å²) in [6, 6.07) is 9.53. The third-order valence-electron chi connectivity index (χ3n) is 3.69. The Labute approximate surface area is 179 Å². The minimum atomic E-state index is -0.420. The highest BCUT2D eigenvalue weighted by Gasteiger charge is 2.33. The summed E-state index contributed by atoms with van der Waals surface area (Å²) in [7, 11) is 1.59. The topological polar surface area (TPSA) is 38.8 Å². The fourth-order valence-electron chi connectivity index (χ4n) is 2.59. The number of rotatable bonds is 5. The summed E-state index contributed by atoms with van der Waals surface area (Å²) in [6.45, 7) is 2.39. The molecule has 1 heterocycles. The summed E-state index contributed by atoms with van der Waals surface area (Å²) in [5.41, 5.74) is 1.21. The van der Waals surface area contributed by atoms with E-state index in [2.05, 4.69) is 22.6 Å². The Morgan fingerprint density at radius 3 is 2.78 bits per heavy atom. The standard InChI is InChI=1S/C19H15FINO3S2/c1-3-25-15-8-11(7-14(21)17(15)24-2)9-16-18(23)22(19(26)27-16)13-6-4-5-12(20)10-13/h4-10H,3H2,1-2H3/b16-9-. The van der Waals surface area contributed by atoms with E-state index in [-0.39, 0.29) is 5.91 Å². The molecular weight excluding hydrogens is 500 g/mol. The molecule has 27 heavy (non-hydrogen) atoms. The van der Waals surface area contributed by atoms with Crippen molar-refractivity contribution >= 4 is 68.6 Å². The Morgan fingerprint density at radius 2 is 2.11 bits per heavy atom. The van der Waals surface area contributed by atoms with Crippen molar-refractivity contribution in [3.63, 3.8) is 0 Å². The van der Waals surface area contributed by atoms with E-state index < -0.39 is 5.82 Å². The first-order chi connectivity index (χ1) is 12.9. The molecule has 1 fully saturated rings. The molecule has 2 aromatic carbocycles. The third-order valence-corrected chi connectivity index (χ3v) is 5.80. The Morgan fingerprint density at radius 1 is 1.33 bits per heavy atom. The number of hydrogen-bond donors (Lipinski definition) is 0. The number of carbonyl (C=O) groups excluding carboxylic acids is 1. The molecule has 0 radical (unpaired) electrons. The molecule has 1 aliphatic rings. The van der Waals surface area contributed by atoms with Crippen molar-refractivity contribution in [1.82, 2.24) is 0 Å². The molecule has 2 aromatic rings. The van der Waals surface area contributed by atoms with Crippen molar-refractivity contribution in [1.29, 1.82) is 0 Å². The van der Waals surface area contributed by atoms with Crippen LogP contribution in [-0.4, -0.2) is 23.9 Å². The second-order valence-electron chi connectivity index (χ2n) is 5.46. The number of nitrogens with zero attached hydrogens (tertiary/aromatic N) is 1. The molecule has 0 N–H and O–H groups in total. The number of thiocarbonyl (C=S) groups is 1. The van der Waals surface area contributed by atoms with Crippen LogP contribution in [-0.2, 0) is 4.79 Å². The highest BCUT2D eigenvalue weighted by molar-refractivity contribution is 14.1. The minimum Gasteiger partial charge on any atom is -0.492 e. The van der Waals surface area contributed by atoms with E-state index in [1.165, 1.54) is 28.8 Å². The third kappa shape index (κ3) is 4.27. The molecule has 0 bridgehead atoms. The van der Waals surface area contributed by atoms with Gasteiger partial charge in [-0.15, -0.1) is 0 Å². The van der Waals surface area contributed by atoms with Gasteiger partial charge >= 0.3 is 0 Å². The summed E-state index contributed by atoms with van der Waals surface area (Å²) in [5.74, 6) is 0.566. The zero-order chi connectivity index (χ0) is 19.6. The highest BCUT2D eigenvalue weighted by atomic mass is 127. The van der Waals surface area contributed by atoms with Crippen LogP contribution in [0.25, 0.3) is 6.08 Å². The van der Waals surface area contributed by atoms with E-state index >= 15 is 0 Å². The van der Waals surface area contributed by atoms with E-state index in [4.69, 9.17) is 21.7 Å². The Balaban J connectivity index is 1.96. The van der Waals surface area contributed by atoms with E-state index in [9.17, 15) is 9.18 Å². The van der Waals surface area contributed by atoms with Crippen molar-refractivity contribution < 1.29 is 18.7 Å². The zero-order valence-corrected chi connectivity index (χ0v) is 18.3. The Hall–Kier alpha value is -1.65. The van der Waals surface area contributed by atoms with Gasteiger partial charge in [0, 0.05) is 0 Å². The number of ether oxygens (including phenoxy) is 2. The number of benzene rings is 2. The normalized spacial score (nSPS) is 15.6. The average molecular weight is 515 g/mol. The number of amides is 1. The summed E-state index contributed by atoms with van der Waals surface area (Å²) in [4.78, 5) is 14.6. The first-order valence-corrected chi connectivity index (χ1v) is 10.3. The van der Waals surface area contributed by atoms with Crippen LogP contribution < -0.4 is 14.4 Å². The van der Waals surface area contributed by atoms with Crippen molar-refractivity contribution in [2.24, 2.45) is 0 Å². The molecule has 3 rings (SSSR count). The molecule has 1 amide bonds. The van der Waals surface area contributed by atoms with Gasteiger partial charge in [-0.1, -0.05) is 30.0 Å². The number of carbonyl (C=O) groups is 1. The Kier molecular flexibility index (Phi) is 6.38. The van der Waals surface area contributed by atoms with Gasteiger partial charge in [0.25, 0.3) is 5.91 Å². The van der Waals surface area contributed by atoms with Crippen LogP contribution in [0, 0.1) is 9.39 Å². The Bertz CT molecular complexity index is 949. The maximum Gasteiger partial charge on any atom is 0.270 e. The minimum absolute atomic E-state index is 0.278. The summed E-state index contributed by atoms with van der Waals surface area (Å²) >= 11 is 8.67. The molecular formula is C19H15FINO3S2. The molecule has 4 nitrogen and oxygen atoms in total. The average Bonchev–Trinajstić information content (AvgIpc) is 2.88. The van der Waals surface area contributed by atoms with E-state index in [0.29, 0.717) is 33.0 Å². The van der Waals surface area contributed by atoms with Gasteiger partial charge in [-0.2, -0.15) is 0 Å². The second-order valence-corrected chi connectivity index (χ2v) is 8.30. The van der Waals surface area contributed by atoms with Gasteiger partial charge < -0.3 is 9.47 Å². The first kappa shape index (κ1) is 20.1. The molecule has 0 saturated carbocycles. The molecule has 0 aliphatic carbocycles. The van der Waals surface area contributed by atoms with Gasteiger partial charge in [-0.3, -0.25) is 9.69 Å². The molecule has 0 spiro atoms. The second kappa shape index (κ2) is 8.57. The summed E-state index contributed by atoms with van der Waals surface area (Å²) in [5, 5.41) is 0. The number of thioether (sulfide) groups is 1. The van der Waals surface area contributed by atoms with Gasteiger partial charge in [0.15, 0.2) is 15.8 Å². The quantitative estimate of drug-likeness (QED) is 0.309. The van der Waals surface area contributed by atoms with Crippen molar-refractivity contribution in [2.45, 2.75) is 6.92 Å². The van der Waals surface area contributed by atoms with Crippen LogP contribution in [0.5, 0.6) is 11.5 Å². The SMILES string of the molecule is CCOc1cc(/C=C2\SC(=S)N(c3cccc(F)c3)C2=O)cc(I)c1OC. The molecule has 140 valence electrons. The van der Waals surface area contributed by atoms with E-state index in [1.54, 1.807) is 25.3 Å². The van der Waals surface area contributed by atoms with E-state index in [1.807, 2.05) is 19.1 Å². The summed E-state index contributed by atoms with van der Waals surface area (Å²) in [6.07, 6.45) is 1.75. The number of methoxy groups -OCH3 is 1. The molecule has 0 aromatic heterocycles. The maximum atomic E-state index is 13.5. The lowest BCUT2D eigenvalue weighted by Gasteiger charge is -2.14. The fraction of sp³-hybridized carbons (Fsp3) is 0.158. The smallest absolute Gasteiger partial charge is 0.270 e. The lowest BCUT2D eigenvalue weighted by Crippen LogP contribution is -2.27. The van der Waals surface area contributed by atoms with Crippen LogP contribution in [0.4, 0.5) is 10.1 Å². The van der Waals surface area contributed by atoms with Gasteiger partial charge in [-0.25, -0.2) is 4.39 Å². The maximum absolute atomic E-state index is 13.5. The molecule has 0 unspecified atom stereocenters. The lowest BCUT2D eigenvalue weighted by molar-refractivity contribution is -0.113. The fourth-order valence-corrected chi connectivity index (χ4v) is 4.73. The highest BCUT2D eigenvalue weighted by Crippen LogP contribution is 2.38. The van der Waals surface area contributed by atoms with Crippen molar-refractivity contribution in [3.05, 3.63) is 56.3 Å². The number of anilines is 1. The molecule has 1 aliphatic heterocycles. The number of halogens is 2. The largest absolute Gasteiger partial charge is 0.492 e. The molecule has 0 atom stereocenters. The molecule has 1 saturated heterocycles. The van der Waals surface area contributed by atoms with Crippen LogP contribution in [0.1, 0.15) is 12.5 Å². The van der Waals surface area contributed by atoms with Gasteiger partial charge in [0.1, 0.15) is 5.82 Å². The van der Waals surface area contributed by atoms with Crippen LogP contribution >= 0.6 is 46.6 Å². The van der Waals surface area contributed by atoms with Crippen molar-refractivity contribution in [2.75, 3.05) is 18.6 Å². The predicted molar refractivity (Wildman–Crippen MR) is 119 cm³/mol. The molecule has 8 heteroatoms. The van der Waals surface area contributed by atoms with Crippen LogP contribution in [0.2, 0.25) is 0 Å². The van der Waals surface area contributed by atoms with Crippen LogP contribution in [0.15, 0.2) is 41.3 Å².